The first-order valence-corrected chi connectivity index (χ1v) is 8.46. The maximum Gasteiger partial charge on any atom is 0.119 e. The summed E-state index contributed by atoms with van der Waals surface area (Å²) in [5.74, 6) is 0.944. The van der Waals surface area contributed by atoms with Crippen molar-refractivity contribution >= 4 is 11.3 Å². The summed E-state index contributed by atoms with van der Waals surface area (Å²) in [6.45, 7) is 3.24. The summed E-state index contributed by atoms with van der Waals surface area (Å²) in [6, 6.07) is 6.46. The molecule has 0 bridgehead atoms. The fourth-order valence-corrected chi connectivity index (χ4v) is 3.98. The molecule has 0 saturated carbocycles. The SMILES string of the molecule is CCCNC1(c2nccs2)CCc2ccc(OC)cc2C1. The lowest BCUT2D eigenvalue weighted by molar-refractivity contribution is 0.290. The quantitative estimate of drug-likeness (QED) is 0.917. The van der Waals surface area contributed by atoms with Gasteiger partial charge < -0.3 is 10.1 Å². The number of aryl methyl sites for hydroxylation is 1. The van der Waals surface area contributed by atoms with Crippen molar-refractivity contribution in [2.45, 2.75) is 38.1 Å². The van der Waals surface area contributed by atoms with E-state index in [1.165, 1.54) is 16.1 Å². The van der Waals surface area contributed by atoms with Gasteiger partial charge in [0.15, 0.2) is 0 Å². The Morgan fingerprint density at radius 2 is 2.29 bits per heavy atom. The molecule has 112 valence electrons. The van der Waals surface area contributed by atoms with E-state index in [1.807, 2.05) is 6.20 Å². The molecule has 3 rings (SSSR count). The van der Waals surface area contributed by atoms with Gasteiger partial charge in [-0.25, -0.2) is 4.98 Å². The van der Waals surface area contributed by atoms with Crippen LogP contribution in [-0.2, 0) is 18.4 Å². The molecule has 1 unspecified atom stereocenters. The third-order valence-corrected chi connectivity index (χ3v) is 5.26. The first-order valence-electron chi connectivity index (χ1n) is 7.58. The van der Waals surface area contributed by atoms with Gasteiger partial charge in [-0.1, -0.05) is 13.0 Å². The molecule has 0 fully saturated rings. The van der Waals surface area contributed by atoms with Crippen LogP contribution in [0.1, 0.15) is 35.9 Å². The van der Waals surface area contributed by atoms with Gasteiger partial charge in [0.2, 0.25) is 0 Å². The molecule has 0 saturated heterocycles. The monoisotopic (exact) mass is 302 g/mol. The average molecular weight is 302 g/mol. The molecule has 2 aromatic rings. The minimum absolute atomic E-state index is 0.0104. The maximum atomic E-state index is 5.39. The molecule has 0 spiro atoms. The molecule has 4 heteroatoms. The molecule has 3 nitrogen and oxygen atoms in total. The van der Waals surface area contributed by atoms with E-state index in [2.05, 4.69) is 40.8 Å². The van der Waals surface area contributed by atoms with Crippen LogP contribution in [0, 0.1) is 0 Å². The van der Waals surface area contributed by atoms with Gasteiger partial charge in [-0.15, -0.1) is 11.3 Å². The highest BCUT2D eigenvalue weighted by atomic mass is 32.1. The summed E-state index contributed by atoms with van der Waals surface area (Å²) >= 11 is 1.76. The smallest absolute Gasteiger partial charge is 0.119 e. The number of rotatable bonds is 5. The number of thiazole rings is 1. The highest BCUT2D eigenvalue weighted by Gasteiger charge is 2.37. The van der Waals surface area contributed by atoms with Gasteiger partial charge >= 0.3 is 0 Å². The van der Waals surface area contributed by atoms with Gasteiger partial charge in [0.1, 0.15) is 10.8 Å². The number of nitrogens with one attached hydrogen (secondary N) is 1. The van der Waals surface area contributed by atoms with Crippen molar-refractivity contribution in [3.8, 4) is 5.75 Å². The minimum Gasteiger partial charge on any atom is -0.497 e. The summed E-state index contributed by atoms with van der Waals surface area (Å²) in [5, 5.41) is 7.06. The number of nitrogens with zero attached hydrogens (tertiary/aromatic N) is 1. The standard InChI is InChI=1S/C17H22N2OS/c1-3-8-19-17(16-18-9-10-21-16)7-6-13-4-5-15(20-2)11-14(13)12-17/h4-5,9-11,19H,3,6-8,12H2,1-2H3. The molecule has 1 aliphatic carbocycles. The summed E-state index contributed by atoms with van der Waals surface area (Å²) in [6.07, 6.45) is 6.25. The fraction of sp³-hybridized carbons (Fsp3) is 0.471. The molecule has 21 heavy (non-hydrogen) atoms. The van der Waals surface area contributed by atoms with E-state index in [9.17, 15) is 0 Å². The van der Waals surface area contributed by atoms with E-state index in [-0.39, 0.29) is 5.54 Å². The summed E-state index contributed by atoms with van der Waals surface area (Å²) in [5.41, 5.74) is 2.82. The van der Waals surface area contributed by atoms with E-state index < -0.39 is 0 Å². The first kappa shape index (κ1) is 14.5. The normalized spacial score (nSPS) is 21.0. The van der Waals surface area contributed by atoms with Crippen LogP contribution in [0.4, 0.5) is 0 Å². The number of aromatic nitrogens is 1. The largest absolute Gasteiger partial charge is 0.497 e. The summed E-state index contributed by atoms with van der Waals surface area (Å²) in [7, 11) is 1.73. The summed E-state index contributed by atoms with van der Waals surface area (Å²) in [4.78, 5) is 4.61. The molecular formula is C17H22N2OS. The minimum atomic E-state index is -0.0104. The lowest BCUT2D eigenvalue weighted by atomic mass is 9.78. The van der Waals surface area contributed by atoms with Crippen LogP contribution < -0.4 is 10.1 Å². The third kappa shape index (κ3) is 2.83. The van der Waals surface area contributed by atoms with Gasteiger partial charge in [-0.3, -0.25) is 0 Å². The van der Waals surface area contributed by atoms with E-state index in [0.29, 0.717) is 0 Å². The van der Waals surface area contributed by atoms with Crippen LogP contribution >= 0.6 is 11.3 Å². The Balaban J connectivity index is 1.95. The lowest BCUT2D eigenvalue weighted by Gasteiger charge is -2.38. The molecule has 1 atom stereocenters. The van der Waals surface area contributed by atoms with Gasteiger partial charge in [0.25, 0.3) is 0 Å². The third-order valence-electron chi connectivity index (χ3n) is 4.28. The molecule has 1 aromatic carbocycles. The number of hydrogen-bond acceptors (Lipinski definition) is 4. The average Bonchev–Trinajstić information content (AvgIpc) is 3.07. The van der Waals surface area contributed by atoms with Crippen molar-refractivity contribution in [2.24, 2.45) is 0 Å². The molecule has 0 amide bonds. The highest BCUT2D eigenvalue weighted by molar-refractivity contribution is 7.09. The highest BCUT2D eigenvalue weighted by Crippen LogP contribution is 2.38. The van der Waals surface area contributed by atoms with Gasteiger partial charge in [0.05, 0.1) is 12.6 Å². The number of benzene rings is 1. The van der Waals surface area contributed by atoms with Crippen molar-refractivity contribution in [3.63, 3.8) is 0 Å². The number of fused-ring (bicyclic) bond motifs is 1. The van der Waals surface area contributed by atoms with Crippen LogP contribution in [0.3, 0.4) is 0 Å². The fourth-order valence-electron chi connectivity index (χ4n) is 3.13. The number of hydrogen-bond donors (Lipinski definition) is 1. The lowest BCUT2D eigenvalue weighted by Crippen LogP contribution is -2.47. The summed E-state index contributed by atoms with van der Waals surface area (Å²) < 4.78 is 5.39. The Hall–Kier alpha value is -1.39. The van der Waals surface area contributed by atoms with Crippen molar-refractivity contribution in [1.29, 1.82) is 0 Å². The Kier molecular flexibility index (Phi) is 4.27. The maximum absolute atomic E-state index is 5.39. The van der Waals surface area contributed by atoms with Gasteiger partial charge in [0, 0.05) is 11.6 Å². The second kappa shape index (κ2) is 6.16. The Morgan fingerprint density at radius 1 is 1.38 bits per heavy atom. The number of methoxy groups -OCH3 is 1. The molecule has 0 radical (unpaired) electrons. The second-order valence-electron chi connectivity index (χ2n) is 5.66. The Morgan fingerprint density at radius 3 is 3.00 bits per heavy atom. The predicted molar refractivity (Wildman–Crippen MR) is 87.1 cm³/mol. The zero-order chi connectivity index (χ0) is 14.7. The predicted octanol–water partition coefficient (Wildman–Crippen LogP) is 3.54. The molecule has 0 aliphatic heterocycles. The topological polar surface area (TPSA) is 34.2 Å². The van der Waals surface area contributed by atoms with Gasteiger partial charge in [-0.05, 0) is 55.5 Å². The van der Waals surface area contributed by atoms with Crippen LogP contribution in [0.25, 0.3) is 0 Å². The first-order chi connectivity index (χ1) is 10.3. The van der Waals surface area contributed by atoms with Crippen LogP contribution in [-0.4, -0.2) is 18.6 Å². The molecule has 1 aliphatic rings. The Labute approximate surface area is 130 Å². The van der Waals surface area contributed by atoms with Crippen molar-refractivity contribution < 1.29 is 4.74 Å². The van der Waals surface area contributed by atoms with Crippen LogP contribution in [0.15, 0.2) is 29.8 Å². The van der Waals surface area contributed by atoms with Crippen molar-refractivity contribution in [3.05, 3.63) is 45.9 Å². The van der Waals surface area contributed by atoms with E-state index >= 15 is 0 Å². The van der Waals surface area contributed by atoms with Crippen LogP contribution in [0.2, 0.25) is 0 Å². The molecular weight excluding hydrogens is 280 g/mol. The van der Waals surface area contributed by atoms with Crippen LogP contribution in [0.5, 0.6) is 5.75 Å². The molecule has 1 N–H and O–H groups in total. The van der Waals surface area contributed by atoms with E-state index in [0.717, 1.165) is 38.0 Å². The molecule has 1 heterocycles. The van der Waals surface area contributed by atoms with E-state index in [4.69, 9.17) is 4.74 Å². The van der Waals surface area contributed by atoms with E-state index in [1.54, 1.807) is 18.4 Å². The second-order valence-corrected chi connectivity index (χ2v) is 6.55. The molecule has 1 aromatic heterocycles. The van der Waals surface area contributed by atoms with Crippen molar-refractivity contribution in [2.75, 3.05) is 13.7 Å². The number of ether oxygens (including phenoxy) is 1. The van der Waals surface area contributed by atoms with Gasteiger partial charge in [-0.2, -0.15) is 0 Å². The zero-order valence-corrected chi connectivity index (χ0v) is 13.5. The Bertz CT molecular complexity index is 597. The van der Waals surface area contributed by atoms with Crippen molar-refractivity contribution in [1.82, 2.24) is 10.3 Å². The zero-order valence-electron chi connectivity index (χ0n) is 12.7.